The van der Waals surface area contributed by atoms with Gasteiger partial charge in [0.25, 0.3) is 0 Å². The van der Waals surface area contributed by atoms with Gasteiger partial charge >= 0.3 is 7.12 Å². The molecule has 1 N–H and O–H groups in total. The van der Waals surface area contributed by atoms with Crippen LogP contribution in [-0.4, -0.2) is 46.9 Å². The lowest BCUT2D eigenvalue weighted by molar-refractivity contribution is -0.100. The van der Waals surface area contributed by atoms with Crippen LogP contribution in [0.5, 0.6) is 5.75 Å². The van der Waals surface area contributed by atoms with Gasteiger partial charge in [-0.25, -0.2) is 0 Å². The third-order valence-corrected chi connectivity index (χ3v) is 5.39. The van der Waals surface area contributed by atoms with Crippen molar-refractivity contribution < 1.29 is 23.9 Å². The van der Waals surface area contributed by atoms with Gasteiger partial charge in [0.05, 0.1) is 24.9 Å². The van der Waals surface area contributed by atoms with Gasteiger partial charge in [-0.15, -0.1) is 0 Å². The first-order chi connectivity index (χ1) is 13.2. The van der Waals surface area contributed by atoms with E-state index >= 15 is 0 Å². The lowest BCUT2D eigenvalue weighted by Crippen LogP contribution is -2.41. The molecule has 1 aromatic carbocycles. The monoisotopic (exact) mass is 388 g/mol. The molecular weight excluding hydrogens is 359 g/mol. The number of benzene rings is 1. The fourth-order valence-electron chi connectivity index (χ4n) is 3.03. The minimum Gasteiger partial charge on any atom is -0.497 e. The van der Waals surface area contributed by atoms with E-state index in [1.165, 1.54) is 0 Å². The minimum atomic E-state index is -1.14. The van der Waals surface area contributed by atoms with Gasteiger partial charge in [-0.1, -0.05) is 12.1 Å². The Kier molecular flexibility index (Phi) is 5.86. The molecule has 8 heteroatoms. The molecule has 0 amide bonds. The molecule has 0 aliphatic carbocycles. The number of aliphatic hydroxyl groups is 1. The average molecular weight is 388 g/mol. The third-order valence-electron chi connectivity index (χ3n) is 5.39. The van der Waals surface area contributed by atoms with Crippen molar-refractivity contribution in [2.75, 3.05) is 13.7 Å². The van der Waals surface area contributed by atoms with E-state index in [0.717, 1.165) is 11.3 Å². The van der Waals surface area contributed by atoms with Crippen LogP contribution < -0.4 is 10.2 Å². The van der Waals surface area contributed by atoms with Gasteiger partial charge in [0.1, 0.15) is 11.4 Å². The number of ether oxygens (including phenoxy) is 2. The zero-order valence-electron chi connectivity index (χ0n) is 17.4. The van der Waals surface area contributed by atoms with Crippen molar-refractivity contribution >= 4 is 12.6 Å². The van der Waals surface area contributed by atoms with E-state index < -0.39 is 24.6 Å². The van der Waals surface area contributed by atoms with Crippen LogP contribution in [0.3, 0.4) is 0 Å². The summed E-state index contributed by atoms with van der Waals surface area (Å²) in [5, 5.41) is 15.0. The maximum atomic E-state index is 10.4. The number of rotatable bonds is 7. The molecule has 0 spiro atoms. The number of aliphatic hydroxyl groups excluding tert-OH is 1. The predicted molar refractivity (Wildman–Crippen MR) is 107 cm³/mol. The minimum absolute atomic E-state index is 0.370. The Bertz CT molecular complexity index is 787. The topological polar surface area (TPSA) is 75.0 Å². The molecule has 28 heavy (non-hydrogen) atoms. The predicted octanol–water partition coefficient (Wildman–Crippen LogP) is 2.27. The molecule has 1 fully saturated rings. The summed E-state index contributed by atoms with van der Waals surface area (Å²) >= 11 is 0. The van der Waals surface area contributed by atoms with E-state index in [4.69, 9.17) is 18.8 Å². The summed E-state index contributed by atoms with van der Waals surface area (Å²) in [6, 6.07) is 7.77. The van der Waals surface area contributed by atoms with Gasteiger partial charge in [-0.3, -0.25) is 4.68 Å². The van der Waals surface area contributed by atoms with E-state index in [2.05, 4.69) is 5.10 Å². The van der Waals surface area contributed by atoms with Crippen molar-refractivity contribution in [3.05, 3.63) is 41.7 Å². The summed E-state index contributed by atoms with van der Waals surface area (Å²) in [5.41, 5.74) is 1.18. The second-order valence-corrected chi connectivity index (χ2v) is 7.91. The third kappa shape index (κ3) is 4.10. The van der Waals surface area contributed by atoms with Crippen LogP contribution in [0, 0.1) is 0 Å². The number of hydrogen-bond acceptors (Lipinski definition) is 6. The fraction of sp³-hybridized carbons (Fsp3) is 0.550. The zero-order valence-corrected chi connectivity index (χ0v) is 17.4. The molecule has 0 bridgehead atoms. The summed E-state index contributed by atoms with van der Waals surface area (Å²) < 4.78 is 24.7. The highest BCUT2D eigenvalue weighted by Crippen LogP contribution is 2.37. The first-order valence-corrected chi connectivity index (χ1v) is 9.52. The van der Waals surface area contributed by atoms with Crippen molar-refractivity contribution in [3.8, 4) is 5.75 Å². The number of hydrogen-bond donors (Lipinski definition) is 1. The quantitative estimate of drug-likeness (QED) is 0.580. The van der Waals surface area contributed by atoms with E-state index in [0.29, 0.717) is 24.3 Å². The summed E-state index contributed by atoms with van der Waals surface area (Å²) in [7, 11) is 1.01. The Morgan fingerprint density at radius 2 is 1.75 bits per heavy atom. The van der Waals surface area contributed by atoms with Crippen LogP contribution >= 0.6 is 0 Å². The SMILES string of the molecule is CCOC(O)c1nn(Cc2ccc(OC)cc2)cc1B1OC(C)(C)C(C)(C)O1. The molecular formula is C20H29BN2O5. The molecule has 1 atom stereocenters. The highest BCUT2D eigenvalue weighted by Gasteiger charge is 2.53. The molecule has 1 saturated heterocycles. The fourth-order valence-corrected chi connectivity index (χ4v) is 3.03. The Balaban J connectivity index is 1.90. The van der Waals surface area contributed by atoms with Crippen molar-refractivity contribution in [2.24, 2.45) is 0 Å². The Morgan fingerprint density at radius 1 is 1.14 bits per heavy atom. The molecule has 152 valence electrons. The number of aromatic nitrogens is 2. The molecule has 1 aromatic heterocycles. The summed E-state index contributed by atoms with van der Waals surface area (Å²) in [5.74, 6) is 0.801. The maximum Gasteiger partial charge on any atom is 0.498 e. The molecule has 0 saturated carbocycles. The van der Waals surface area contributed by atoms with Crippen molar-refractivity contribution in [1.82, 2.24) is 9.78 Å². The lowest BCUT2D eigenvalue weighted by atomic mass is 9.79. The van der Waals surface area contributed by atoms with Gasteiger partial charge in [-0.2, -0.15) is 5.10 Å². The normalized spacial score (nSPS) is 19.0. The van der Waals surface area contributed by atoms with Crippen LogP contribution in [0.15, 0.2) is 30.5 Å². The smallest absolute Gasteiger partial charge is 0.497 e. The summed E-state index contributed by atoms with van der Waals surface area (Å²) in [6.07, 6.45) is 0.709. The highest BCUT2D eigenvalue weighted by atomic mass is 16.7. The molecule has 3 rings (SSSR count). The number of nitrogens with zero attached hydrogens (tertiary/aromatic N) is 2. The standard InChI is InChI=1S/C20H29BN2O5/c1-7-26-18(24)17-16(21-27-19(2,3)20(4,5)28-21)13-23(22-17)12-14-8-10-15(25-6)11-9-14/h8-11,13,18,24H,7,12H2,1-6H3. The number of methoxy groups -OCH3 is 1. The van der Waals surface area contributed by atoms with Crippen molar-refractivity contribution in [2.45, 2.75) is 58.7 Å². The summed E-state index contributed by atoms with van der Waals surface area (Å²) in [6.45, 7) is 10.7. The van der Waals surface area contributed by atoms with Gasteiger partial charge in [-0.05, 0) is 52.3 Å². The summed E-state index contributed by atoms with van der Waals surface area (Å²) in [4.78, 5) is 0. The van der Waals surface area contributed by atoms with Crippen LogP contribution in [0.1, 0.15) is 52.2 Å². The molecule has 7 nitrogen and oxygen atoms in total. The van der Waals surface area contributed by atoms with Gasteiger partial charge < -0.3 is 23.9 Å². The van der Waals surface area contributed by atoms with Gasteiger partial charge in [0, 0.05) is 18.3 Å². The highest BCUT2D eigenvalue weighted by molar-refractivity contribution is 6.62. The Hall–Kier alpha value is -1.87. The zero-order chi connectivity index (χ0) is 20.5. The first kappa shape index (κ1) is 20.9. The lowest BCUT2D eigenvalue weighted by Gasteiger charge is -2.32. The largest absolute Gasteiger partial charge is 0.498 e. The van der Waals surface area contributed by atoms with E-state index in [-0.39, 0.29) is 0 Å². The maximum absolute atomic E-state index is 10.4. The van der Waals surface area contributed by atoms with E-state index in [9.17, 15) is 5.11 Å². The van der Waals surface area contributed by atoms with Gasteiger partial charge in [0.15, 0.2) is 6.29 Å². The van der Waals surface area contributed by atoms with Crippen LogP contribution in [0.25, 0.3) is 0 Å². The Labute approximate surface area is 166 Å². The molecule has 1 aliphatic heterocycles. The molecule has 2 heterocycles. The van der Waals surface area contributed by atoms with Gasteiger partial charge in [0.2, 0.25) is 0 Å². The molecule has 0 radical (unpaired) electrons. The second-order valence-electron chi connectivity index (χ2n) is 7.91. The van der Waals surface area contributed by atoms with Crippen LogP contribution in [0.4, 0.5) is 0 Å². The van der Waals surface area contributed by atoms with E-state index in [1.54, 1.807) is 11.8 Å². The molecule has 2 aromatic rings. The average Bonchev–Trinajstić information content (AvgIpc) is 3.14. The van der Waals surface area contributed by atoms with E-state index in [1.807, 2.05) is 65.1 Å². The van der Waals surface area contributed by atoms with Crippen LogP contribution in [0.2, 0.25) is 0 Å². The first-order valence-electron chi connectivity index (χ1n) is 9.52. The van der Waals surface area contributed by atoms with Crippen molar-refractivity contribution in [3.63, 3.8) is 0 Å². The van der Waals surface area contributed by atoms with Crippen LogP contribution in [-0.2, 0) is 20.6 Å². The molecule has 1 aliphatic rings. The second kappa shape index (κ2) is 7.87. The molecule has 1 unspecified atom stereocenters. The van der Waals surface area contributed by atoms with Crippen molar-refractivity contribution in [1.29, 1.82) is 0 Å². The Morgan fingerprint density at radius 3 is 2.29 bits per heavy atom.